The van der Waals surface area contributed by atoms with Gasteiger partial charge in [-0.25, -0.2) is 4.79 Å². The molecule has 0 spiro atoms. The van der Waals surface area contributed by atoms with Gasteiger partial charge in [0.2, 0.25) is 5.88 Å². The molecule has 0 bridgehead atoms. The van der Waals surface area contributed by atoms with Crippen molar-refractivity contribution >= 4 is 21.8 Å². The Balaban J connectivity index is 2.68. The van der Waals surface area contributed by atoms with E-state index in [4.69, 9.17) is 20.9 Å². The van der Waals surface area contributed by atoms with E-state index in [2.05, 4.69) is 0 Å². The molecule has 1 heterocycles. The predicted octanol–water partition coefficient (Wildman–Crippen LogP) is 1.16. The normalized spacial score (nSPS) is 17.5. The number of anilines is 1. The molecule has 0 radical (unpaired) electrons. The molecular weight excluding hydrogens is 362 g/mol. The number of nitrogens with zero attached hydrogens (tertiary/aromatic N) is 1. The van der Waals surface area contributed by atoms with Crippen LogP contribution in [0.1, 0.15) is 25.3 Å². The highest BCUT2D eigenvalue weighted by molar-refractivity contribution is 7.86. The summed E-state index contributed by atoms with van der Waals surface area (Å²) >= 11 is 0. The van der Waals surface area contributed by atoms with Gasteiger partial charge in [0.1, 0.15) is 22.3 Å². The average molecular weight is 379 g/mol. The lowest BCUT2D eigenvalue weighted by molar-refractivity contribution is -0.139. The molecule has 0 aliphatic carbocycles. The number of hydrogen-bond acceptors (Lipinski definition) is 8. The van der Waals surface area contributed by atoms with Crippen LogP contribution in [0.3, 0.4) is 0 Å². The van der Waals surface area contributed by atoms with E-state index in [-0.39, 0.29) is 35.1 Å². The number of allylic oxidation sites excluding steroid dienone is 2. The molecule has 1 aromatic rings. The number of hydrogen-bond donors (Lipinski definition) is 3. The summed E-state index contributed by atoms with van der Waals surface area (Å²) in [6.07, 6.45) is 0. The van der Waals surface area contributed by atoms with Gasteiger partial charge in [0, 0.05) is 0 Å². The van der Waals surface area contributed by atoms with Crippen LogP contribution >= 0.6 is 0 Å². The van der Waals surface area contributed by atoms with Crippen LogP contribution in [0.15, 0.2) is 45.9 Å². The Bertz CT molecular complexity index is 972. The van der Waals surface area contributed by atoms with Crippen molar-refractivity contribution in [3.8, 4) is 6.07 Å². The van der Waals surface area contributed by atoms with Crippen LogP contribution in [0.4, 0.5) is 5.69 Å². The third-order valence-corrected chi connectivity index (χ3v) is 4.67. The largest absolute Gasteiger partial charge is 0.463 e. The molecule has 138 valence electrons. The first-order chi connectivity index (χ1) is 12.1. The molecule has 10 heteroatoms. The second kappa shape index (κ2) is 7.07. The minimum absolute atomic E-state index is 0.0438. The van der Waals surface area contributed by atoms with Crippen molar-refractivity contribution in [1.29, 1.82) is 5.26 Å². The smallest absolute Gasteiger partial charge is 0.338 e. The lowest BCUT2D eigenvalue weighted by Gasteiger charge is -2.27. The molecule has 9 nitrogen and oxygen atoms in total. The summed E-state index contributed by atoms with van der Waals surface area (Å²) in [6.45, 7) is 3.23. The van der Waals surface area contributed by atoms with Crippen LogP contribution in [0.2, 0.25) is 0 Å². The highest BCUT2D eigenvalue weighted by Gasteiger charge is 2.36. The van der Waals surface area contributed by atoms with E-state index in [1.807, 2.05) is 6.07 Å². The van der Waals surface area contributed by atoms with Gasteiger partial charge in [-0.15, -0.1) is 0 Å². The van der Waals surface area contributed by atoms with E-state index in [9.17, 15) is 23.0 Å². The number of nitrogens with two attached hydrogens (primary N) is 2. The molecule has 1 atom stereocenters. The lowest BCUT2D eigenvalue weighted by atomic mass is 9.83. The second-order valence-electron chi connectivity index (χ2n) is 5.39. The van der Waals surface area contributed by atoms with Crippen molar-refractivity contribution < 1.29 is 27.2 Å². The highest BCUT2D eigenvalue weighted by Crippen LogP contribution is 2.40. The SMILES string of the molecule is CCOC(=O)C1=C(C)OC(N)=C(C#N)C1c1ccc(S(=O)(=O)O)c(N)c1. The van der Waals surface area contributed by atoms with Gasteiger partial charge in [0.05, 0.1) is 23.8 Å². The van der Waals surface area contributed by atoms with Gasteiger partial charge in [0.25, 0.3) is 10.1 Å². The molecule has 1 unspecified atom stereocenters. The van der Waals surface area contributed by atoms with Crippen LogP contribution < -0.4 is 11.5 Å². The predicted molar refractivity (Wildman–Crippen MR) is 90.7 cm³/mol. The maximum atomic E-state index is 12.4. The molecule has 1 aromatic carbocycles. The Morgan fingerprint density at radius 3 is 2.58 bits per heavy atom. The fourth-order valence-electron chi connectivity index (χ4n) is 2.67. The standard InChI is InChI=1S/C16H17N3O6S/c1-3-24-16(20)13-8(2)25-15(19)10(7-17)14(13)9-4-5-12(11(18)6-9)26(21,22)23/h4-6,14H,3,18-19H2,1-2H3,(H,21,22,23). The maximum Gasteiger partial charge on any atom is 0.338 e. The molecule has 26 heavy (non-hydrogen) atoms. The van der Waals surface area contributed by atoms with E-state index in [0.29, 0.717) is 5.56 Å². The first-order valence-electron chi connectivity index (χ1n) is 7.44. The van der Waals surface area contributed by atoms with Crippen LogP contribution in [-0.2, 0) is 24.4 Å². The third kappa shape index (κ3) is 3.49. The zero-order valence-corrected chi connectivity index (χ0v) is 14.8. The van der Waals surface area contributed by atoms with E-state index < -0.39 is 26.9 Å². The average Bonchev–Trinajstić information content (AvgIpc) is 2.52. The summed E-state index contributed by atoms with van der Waals surface area (Å²) in [5.41, 5.74) is 11.6. The quantitative estimate of drug-likeness (QED) is 0.395. The van der Waals surface area contributed by atoms with Crippen molar-refractivity contribution in [2.45, 2.75) is 24.7 Å². The zero-order chi connectivity index (χ0) is 19.6. The molecule has 0 fully saturated rings. The Hall–Kier alpha value is -3.03. The maximum absolute atomic E-state index is 12.4. The van der Waals surface area contributed by atoms with Crippen LogP contribution in [0.25, 0.3) is 0 Å². The number of rotatable bonds is 4. The van der Waals surface area contributed by atoms with Gasteiger partial charge in [-0.1, -0.05) is 6.07 Å². The minimum atomic E-state index is -4.52. The monoisotopic (exact) mass is 379 g/mol. The number of ether oxygens (including phenoxy) is 2. The molecular formula is C16H17N3O6S. The summed E-state index contributed by atoms with van der Waals surface area (Å²) in [5.74, 6) is -1.68. The van der Waals surface area contributed by atoms with Crippen LogP contribution in [0.5, 0.6) is 0 Å². The number of carbonyl (C=O) groups is 1. The first kappa shape index (κ1) is 19.3. The summed E-state index contributed by atoms with van der Waals surface area (Å²) < 4.78 is 42.1. The minimum Gasteiger partial charge on any atom is -0.463 e. The molecule has 0 aromatic heterocycles. The highest BCUT2D eigenvalue weighted by atomic mass is 32.2. The molecule has 2 rings (SSSR count). The molecule has 0 saturated carbocycles. The van der Waals surface area contributed by atoms with Crippen molar-refractivity contribution in [3.05, 3.63) is 46.6 Å². The van der Waals surface area contributed by atoms with Crippen molar-refractivity contribution in [2.24, 2.45) is 5.73 Å². The van der Waals surface area contributed by atoms with E-state index >= 15 is 0 Å². The van der Waals surface area contributed by atoms with E-state index in [1.54, 1.807) is 6.92 Å². The van der Waals surface area contributed by atoms with Gasteiger partial charge >= 0.3 is 5.97 Å². The summed E-state index contributed by atoms with van der Waals surface area (Å²) in [6, 6.07) is 5.55. The molecule has 5 N–H and O–H groups in total. The number of esters is 1. The third-order valence-electron chi connectivity index (χ3n) is 3.75. The van der Waals surface area contributed by atoms with E-state index in [1.165, 1.54) is 19.1 Å². The Morgan fingerprint density at radius 2 is 2.08 bits per heavy atom. The van der Waals surface area contributed by atoms with Gasteiger partial charge in [0.15, 0.2) is 0 Å². The fraction of sp³-hybridized carbons (Fsp3) is 0.250. The number of nitriles is 1. The summed E-state index contributed by atoms with van der Waals surface area (Å²) in [5, 5.41) is 9.45. The second-order valence-corrected chi connectivity index (χ2v) is 6.78. The van der Waals surface area contributed by atoms with Gasteiger partial charge in [-0.2, -0.15) is 13.7 Å². The van der Waals surface area contributed by atoms with Gasteiger partial charge in [-0.05, 0) is 31.5 Å². The first-order valence-corrected chi connectivity index (χ1v) is 8.88. The summed E-state index contributed by atoms with van der Waals surface area (Å²) in [7, 11) is -4.52. The van der Waals surface area contributed by atoms with Crippen molar-refractivity contribution in [1.82, 2.24) is 0 Å². The van der Waals surface area contributed by atoms with Crippen LogP contribution in [-0.4, -0.2) is 25.5 Å². The molecule has 0 saturated heterocycles. The topological polar surface area (TPSA) is 166 Å². The Kier molecular flexibility index (Phi) is 5.25. The molecule has 0 amide bonds. The van der Waals surface area contributed by atoms with Crippen molar-refractivity contribution in [2.75, 3.05) is 12.3 Å². The van der Waals surface area contributed by atoms with Crippen molar-refractivity contribution in [3.63, 3.8) is 0 Å². The van der Waals surface area contributed by atoms with E-state index in [0.717, 1.165) is 6.07 Å². The zero-order valence-electron chi connectivity index (χ0n) is 14.0. The molecule has 1 aliphatic heterocycles. The lowest BCUT2D eigenvalue weighted by Crippen LogP contribution is -2.25. The Morgan fingerprint density at radius 1 is 1.42 bits per heavy atom. The number of nitrogen functional groups attached to an aromatic ring is 1. The Labute approximate surface area is 150 Å². The van der Waals surface area contributed by atoms with Gasteiger partial charge in [-0.3, -0.25) is 4.55 Å². The number of carbonyl (C=O) groups excluding carboxylic acids is 1. The van der Waals surface area contributed by atoms with Crippen LogP contribution in [0, 0.1) is 11.3 Å². The number of benzene rings is 1. The molecule has 1 aliphatic rings. The van der Waals surface area contributed by atoms with Gasteiger partial charge < -0.3 is 20.9 Å². The summed E-state index contributed by atoms with van der Waals surface area (Å²) in [4.78, 5) is 11.9. The fourth-order valence-corrected chi connectivity index (χ4v) is 3.27.